The first-order valence-electron chi connectivity index (χ1n) is 8.68. The van der Waals surface area contributed by atoms with E-state index in [9.17, 15) is 10.2 Å². The van der Waals surface area contributed by atoms with Crippen LogP contribution in [0.25, 0.3) is 0 Å². The van der Waals surface area contributed by atoms with Gasteiger partial charge in [0.05, 0.1) is 13.1 Å². The highest BCUT2D eigenvalue weighted by Crippen LogP contribution is 2.26. The van der Waals surface area contributed by atoms with Crippen LogP contribution in [-0.4, -0.2) is 50.6 Å². The lowest BCUT2D eigenvalue weighted by molar-refractivity contribution is 0.00141. The fourth-order valence-electron chi connectivity index (χ4n) is 2.87. The van der Waals surface area contributed by atoms with Crippen molar-refractivity contribution in [2.24, 2.45) is 0 Å². The highest BCUT2D eigenvalue weighted by atomic mass is 16.3. The predicted molar refractivity (Wildman–Crippen MR) is 96.6 cm³/mol. The van der Waals surface area contributed by atoms with Gasteiger partial charge in [-0.25, -0.2) is 9.36 Å². The Hall–Kier alpha value is -3.50. The molecule has 2 atom stereocenters. The summed E-state index contributed by atoms with van der Waals surface area (Å²) in [7, 11) is 0. The summed E-state index contributed by atoms with van der Waals surface area (Å²) in [4.78, 5) is 0. The molecule has 28 heavy (non-hydrogen) atoms. The molecule has 0 fully saturated rings. The maximum Gasteiger partial charge on any atom is 0.183 e. The Morgan fingerprint density at radius 1 is 0.643 bits per heavy atom. The van der Waals surface area contributed by atoms with Gasteiger partial charge in [0.25, 0.3) is 0 Å². The van der Waals surface area contributed by atoms with Crippen LogP contribution in [0.1, 0.15) is 35.0 Å². The molecule has 0 radical (unpaired) electrons. The number of aromatic nitrogens is 8. The van der Waals surface area contributed by atoms with Crippen LogP contribution in [0.2, 0.25) is 0 Å². The number of aliphatic hydroxyl groups excluding tert-OH is 2. The van der Waals surface area contributed by atoms with Crippen LogP contribution in [0, 0.1) is 0 Å². The largest absolute Gasteiger partial charge is 0.382 e. The van der Waals surface area contributed by atoms with Gasteiger partial charge in [-0.05, 0) is 32.0 Å². The molecule has 10 nitrogen and oxygen atoms in total. The first kappa shape index (κ1) is 17.9. The first-order valence-corrected chi connectivity index (χ1v) is 8.68. The standard InChI is InChI=1S/C18H18N8O2/c27-15(17-19-21-23-25(17)11-13-7-3-1-4-8-13)16(28)18-20-22-24-26(18)12-14-9-5-2-6-10-14/h1-10,15-16,27-28H,11-12H2/t15-,16-/m0/s1. The monoisotopic (exact) mass is 378 g/mol. The zero-order valence-corrected chi connectivity index (χ0v) is 14.8. The van der Waals surface area contributed by atoms with Crippen LogP contribution in [0.4, 0.5) is 0 Å². The van der Waals surface area contributed by atoms with Gasteiger partial charge in [0, 0.05) is 0 Å². The van der Waals surface area contributed by atoms with Crippen LogP contribution in [0.15, 0.2) is 60.7 Å². The fourth-order valence-corrected chi connectivity index (χ4v) is 2.87. The van der Waals surface area contributed by atoms with Crippen molar-refractivity contribution in [3.63, 3.8) is 0 Å². The van der Waals surface area contributed by atoms with E-state index in [1.165, 1.54) is 9.36 Å². The minimum absolute atomic E-state index is 0.130. The first-order chi connectivity index (χ1) is 13.7. The summed E-state index contributed by atoms with van der Waals surface area (Å²) in [6.45, 7) is 0.726. The topological polar surface area (TPSA) is 128 Å². The average Bonchev–Trinajstić information content (AvgIpc) is 3.38. The molecule has 2 heterocycles. The molecular weight excluding hydrogens is 360 g/mol. The van der Waals surface area contributed by atoms with E-state index < -0.39 is 12.2 Å². The number of tetrazole rings is 2. The third kappa shape index (κ3) is 3.77. The minimum atomic E-state index is -1.39. The molecule has 4 aromatic rings. The smallest absolute Gasteiger partial charge is 0.183 e. The highest BCUT2D eigenvalue weighted by molar-refractivity contribution is 5.16. The zero-order valence-electron chi connectivity index (χ0n) is 14.8. The van der Waals surface area contributed by atoms with Crippen molar-refractivity contribution in [1.29, 1.82) is 0 Å². The van der Waals surface area contributed by atoms with E-state index in [-0.39, 0.29) is 11.6 Å². The maximum atomic E-state index is 10.7. The summed E-state index contributed by atoms with van der Waals surface area (Å²) < 4.78 is 2.88. The van der Waals surface area contributed by atoms with Crippen LogP contribution in [0.5, 0.6) is 0 Å². The summed E-state index contributed by atoms with van der Waals surface area (Å²) >= 11 is 0. The molecule has 2 aromatic heterocycles. The quantitative estimate of drug-likeness (QED) is 0.476. The Bertz CT molecular complexity index is 935. The van der Waals surface area contributed by atoms with Gasteiger partial charge in [0.15, 0.2) is 11.6 Å². The summed E-state index contributed by atoms with van der Waals surface area (Å²) in [6, 6.07) is 19.1. The molecule has 0 aliphatic carbocycles. The van der Waals surface area contributed by atoms with E-state index in [4.69, 9.17) is 0 Å². The van der Waals surface area contributed by atoms with Crippen molar-refractivity contribution in [2.45, 2.75) is 25.3 Å². The van der Waals surface area contributed by atoms with Gasteiger partial charge in [-0.1, -0.05) is 60.7 Å². The average molecular weight is 378 g/mol. The van der Waals surface area contributed by atoms with Crippen LogP contribution in [0.3, 0.4) is 0 Å². The van der Waals surface area contributed by atoms with Crippen molar-refractivity contribution >= 4 is 0 Å². The van der Waals surface area contributed by atoms with Crippen LogP contribution in [-0.2, 0) is 13.1 Å². The molecule has 0 bridgehead atoms. The molecule has 0 aliphatic rings. The molecule has 0 amide bonds. The Kier molecular flexibility index (Phi) is 5.13. The van der Waals surface area contributed by atoms with Crippen molar-refractivity contribution in [2.75, 3.05) is 0 Å². The maximum absolute atomic E-state index is 10.7. The van der Waals surface area contributed by atoms with E-state index in [2.05, 4.69) is 31.1 Å². The molecule has 0 saturated carbocycles. The lowest BCUT2D eigenvalue weighted by Crippen LogP contribution is -2.21. The van der Waals surface area contributed by atoms with Gasteiger partial charge in [0.2, 0.25) is 0 Å². The predicted octanol–water partition coefficient (Wildman–Crippen LogP) is 0.523. The van der Waals surface area contributed by atoms with Gasteiger partial charge in [-0.2, -0.15) is 0 Å². The highest BCUT2D eigenvalue weighted by Gasteiger charge is 2.30. The minimum Gasteiger partial charge on any atom is -0.382 e. The third-order valence-electron chi connectivity index (χ3n) is 4.30. The summed E-state index contributed by atoms with van der Waals surface area (Å²) in [5.74, 6) is 0.260. The van der Waals surface area contributed by atoms with Gasteiger partial charge < -0.3 is 10.2 Å². The lowest BCUT2D eigenvalue weighted by atomic mass is 10.1. The molecule has 2 N–H and O–H groups in total. The normalized spacial score (nSPS) is 13.4. The third-order valence-corrected chi connectivity index (χ3v) is 4.30. The van der Waals surface area contributed by atoms with E-state index in [1.807, 2.05) is 60.7 Å². The summed E-state index contributed by atoms with van der Waals surface area (Å²) in [6.07, 6.45) is -2.78. The molecule has 2 aromatic carbocycles. The summed E-state index contributed by atoms with van der Waals surface area (Å²) in [5.41, 5.74) is 1.93. The van der Waals surface area contributed by atoms with E-state index in [0.29, 0.717) is 13.1 Å². The van der Waals surface area contributed by atoms with Crippen LogP contribution < -0.4 is 0 Å². The van der Waals surface area contributed by atoms with Crippen molar-refractivity contribution < 1.29 is 10.2 Å². The molecule has 0 aliphatic heterocycles. The Labute approximate surface area is 160 Å². The van der Waals surface area contributed by atoms with Crippen molar-refractivity contribution in [3.8, 4) is 0 Å². The molecule has 4 rings (SSSR count). The Morgan fingerprint density at radius 2 is 1.04 bits per heavy atom. The van der Waals surface area contributed by atoms with Crippen molar-refractivity contribution in [1.82, 2.24) is 40.4 Å². The molecule has 0 unspecified atom stereocenters. The van der Waals surface area contributed by atoms with E-state index >= 15 is 0 Å². The fraction of sp³-hybridized carbons (Fsp3) is 0.222. The van der Waals surface area contributed by atoms with Crippen molar-refractivity contribution in [3.05, 3.63) is 83.4 Å². The van der Waals surface area contributed by atoms with E-state index in [0.717, 1.165) is 11.1 Å². The number of hydrogen-bond acceptors (Lipinski definition) is 8. The number of aliphatic hydroxyl groups is 2. The second-order valence-electron chi connectivity index (χ2n) is 6.25. The molecule has 10 heteroatoms. The van der Waals surface area contributed by atoms with Gasteiger partial charge >= 0.3 is 0 Å². The van der Waals surface area contributed by atoms with Gasteiger partial charge in [-0.15, -0.1) is 10.2 Å². The number of benzene rings is 2. The SMILES string of the molecule is O[C@H](c1nnnn1Cc1ccccc1)[C@H](O)c1nnnn1Cc1ccccc1. The Balaban J connectivity index is 1.54. The van der Waals surface area contributed by atoms with Gasteiger partial charge in [0.1, 0.15) is 12.2 Å². The van der Waals surface area contributed by atoms with Gasteiger partial charge in [-0.3, -0.25) is 0 Å². The number of hydrogen-bond donors (Lipinski definition) is 2. The zero-order chi connectivity index (χ0) is 19.3. The van der Waals surface area contributed by atoms with E-state index in [1.54, 1.807) is 0 Å². The second-order valence-corrected chi connectivity index (χ2v) is 6.25. The Morgan fingerprint density at radius 3 is 1.43 bits per heavy atom. The lowest BCUT2D eigenvalue weighted by Gasteiger charge is -2.16. The molecular formula is C18H18N8O2. The number of nitrogens with zero attached hydrogens (tertiary/aromatic N) is 8. The second kappa shape index (κ2) is 8.03. The summed E-state index contributed by atoms with van der Waals surface area (Å²) in [5, 5.41) is 44.2. The van der Waals surface area contributed by atoms with Crippen LogP contribution >= 0.6 is 0 Å². The molecule has 142 valence electrons. The molecule has 0 spiro atoms. The molecule has 0 saturated heterocycles. The number of rotatable bonds is 7.